The number of aromatic amines is 1. The Kier molecular flexibility index (Phi) is 6.57. The Bertz CT molecular complexity index is 1390. The van der Waals surface area contributed by atoms with E-state index in [2.05, 4.69) is 28.2 Å². The highest BCUT2D eigenvalue weighted by molar-refractivity contribution is 6.31. The number of imidazole rings is 1. The van der Waals surface area contributed by atoms with Gasteiger partial charge in [-0.2, -0.15) is 18.4 Å². The van der Waals surface area contributed by atoms with Crippen molar-refractivity contribution in [1.82, 2.24) is 15.3 Å². The second kappa shape index (κ2) is 9.56. The van der Waals surface area contributed by atoms with Crippen LogP contribution in [-0.2, 0) is 17.8 Å². The summed E-state index contributed by atoms with van der Waals surface area (Å²) in [5.74, 6) is 0.192. The van der Waals surface area contributed by atoms with Gasteiger partial charge in [0.2, 0.25) is 5.91 Å². The monoisotopic (exact) mass is 529 g/mol. The number of anilines is 1. The summed E-state index contributed by atoms with van der Waals surface area (Å²) in [7, 11) is 0. The maximum Gasteiger partial charge on any atom is 0.403 e. The van der Waals surface area contributed by atoms with Crippen molar-refractivity contribution in [2.75, 3.05) is 18.0 Å². The molecule has 37 heavy (non-hydrogen) atoms. The number of carbonyl (C=O) groups excluding carboxylic acids is 1. The molecule has 10 heteroatoms. The van der Waals surface area contributed by atoms with Gasteiger partial charge in [-0.25, -0.2) is 4.98 Å². The summed E-state index contributed by atoms with van der Waals surface area (Å²) in [4.78, 5) is 22.4. The second-order valence-corrected chi connectivity index (χ2v) is 10.6. The molecule has 2 heterocycles. The van der Waals surface area contributed by atoms with Crippen LogP contribution in [0, 0.1) is 22.7 Å². The van der Waals surface area contributed by atoms with Gasteiger partial charge >= 0.3 is 6.18 Å². The van der Waals surface area contributed by atoms with Gasteiger partial charge in [0, 0.05) is 31.1 Å². The van der Waals surface area contributed by atoms with Gasteiger partial charge < -0.3 is 15.2 Å². The molecule has 2 N–H and O–H groups in total. The number of fused-ring (bicyclic) bond motifs is 1. The molecule has 0 radical (unpaired) electrons. The quantitative estimate of drug-likeness (QED) is 0.418. The Morgan fingerprint density at radius 3 is 2.78 bits per heavy atom. The van der Waals surface area contributed by atoms with Crippen LogP contribution >= 0.6 is 11.6 Å². The minimum atomic E-state index is -4.54. The maximum atomic E-state index is 13.2. The number of amides is 1. The molecular weight excluding hydrogens is 503 g/mol. The summed E-state index contributed by atoms with van der Waals surface area (Å²) in [5, 5.41) is 12.9. The molecule has 1 amide bonds. The third-order valence-electron chi connectivity index (χ3n) is 7.44. The lowest BCUT2D eigenvalue weighted by atomic mass is 9.98. The van der Waals surface area contributed by atoms with E-state index in [0.717, 1.165) is 30.7 Å². The number of nitrogens with zero attached hydrogens (tertiary/aromatic N) is 3. The Morgan fingerprint density at radius 1 is 1.32 bits per heavy atom. The zero-order valence-electron chi connectivity index (χ0n) is 20.4. The molecule has 2 aromatic carbocycles. The van der Waals surface area contributed by atoms with Gasteiger partial charge in [-0.1, -0.05) is 30.7 Å². The molecule has 194 valence electrons. The lowest BCUT2D eigenvalue weighted by molar-refractivity contribution is -0.192. The number of hydrogen-bond acceptors (Lipinski definition) is 4. The Hall–Kier alpha value is -3.25. The van der Waals surface area contributed by atoms with Gasteiger partial charge in [0.25, 0.3) is 0 Å². The molecule has 0 spiro atoms. The smallest absolute Gasteiger partial charge is 0.370 e. The minimum absolute atomic E-state index is 0.0306. The Morgan fingerprint density at radius 2 is 2.11 bits per heavy atom. The van der Waals surface area contributed by atoms with Crippen LogP contribution in [0.2, 0.25) is 5.02 Å². The van der Waals surface area contributed by atoms with E-state index in [9.17, 15) is 23.2 Å². The molecule has 1 atom stereocenters. The van der Waals surface area contributed by atoms with Crippen molar-refractivity contribution in [2.24, 2.45) is 11.3 Å². The van der Waals surface area contributed by atoms with Crippen LogP contribution in [0.3, 0.4) is 0 Å². The number of nitriles is 1. The number of alkyl halides is 3. The largest absolute Gasteiger partial charge is 0.403 e. The molecule has 1 aliphatic heterocycles. The van der Waals surface area contributed by atoms with Gasteiger partial charge in [0.15, 0.2) is 0 Å². The topological polar surface area (TPSA) is 84.8 Å². The molecule has 1 saturated carbocycles. The zero-order chi connectivity index (χ0) is 26.4. The molecular formula is C27H27ClF3N5O. The van der Waals surface area contributed by atoms with Crippen LogP contribution in [0.1, 0.15) is 55.1 Å². The summed E-state index contributed by atoms with van der Waals surface area (Å²) < 4.78 is 39.6. The number of hydrogen-bond donors (Lipinski definition) is 2. The predicted octanol–water partition coefficient (Wildman–Crippen LogP) is 5.87. The third-order valence-corrected chi connectivity index (χ3v) is 7.81. The molecule has 1 saturated heterocycles. The predicted molar refractivity (Wildman–Crippen MR) is 135 cm³/mol. The molecule has 5 rings (SSSR count). The van der Waals surface area contributed by atoms with E-state index in [-0.39, 0.29) is 19.4 Å². The average molecular weight is 530 g/mol. The second-order valence-electron chi connectivity index (χ2n) is 10.2. The summed E-state index contributed by atoms with van der Waals surface area (Å²) in [6, 6.07) is 11.3. The normalized spacial score (nSPS) is 19.0. The van der Waals surface area contributed by atoms with E-state index in [1.165, 1.54) is 6.42 Å². The summed E-state index contributed by atoms with van der Waals surface area (Å²) in [6.07, 6.45) is -2.30. The highest BCUT2D eigenvalue weighted by Gasteiger charge is 2.68. The first-order valence-corrected chi connectivity index (χ1v) is 12.8. The molecule has 1 aliphatic carbocycles. The maximum absolute atomic E-state index is 13.2. The number of carbonyl (C=O) groups is 1. The minimum Gasteiger partial charge on any atom is -0.370 e. The summed E-state index contributed by atoms with van der Waals surface area (Å²) in [5.41, 5.74) is 1.89. The van der Waals surface area contributed by atoms with Crippen LogP contribution in [0.25, 0.3) is 11.0 Å². The van der Waals surface area contributed by atoms with Crippen molar-refractivity contribution in [3.8, 4) is 6.07 Å². The van der Waals surface area contributed by atoms with Crippen LogP contribution in [-0.4, -0.2) is 35.1 Å². The fourth-order valence-corrected chi connectivity index (χ4v) is 5.34. The van der Waals surface area contributed by atoms with E-state index in [4.69, 9.17) is 16.6 Å². The number of rotatable bonds is 6. The van der Waals surface area contributed by atoms with Crippen molar-refractivity contribution in [2.45, 2.75) is 51.7 Å². The van der Waals surface area contributed by atoms with Crippen LogP contribution < -0.4 is 10.2 Å². The summed E-state index contributed by atoms with van der Waals surface area (Å²) >= 11 is 6.41. The van der Waals surface area contributed by atoms with Crippen LogP contribution in [0.5, 0.6) is 0 Å². The van der Waals surface area contributed by atoms with E-state index < -0.39 is 17.5 Å². The first-order chi connectivity index (χ1) is 17.6. The lowest BCUT2D eigenvalue weighted by Crippen LogP contribution is -2.40. The first-order valence-electron chi connectivity index (χ1n) is 12.4. The van der Waals surface area contributed by atoms with Gasteiger partial charge in [-0.15, -0.1) is 0 Å². The van der Waals surface area contributed by atoms with Gasteiger partial charge in [-0.05, 0) is 60.9 Å². The molecule has 2 aliphatic rings. The highest BCUT2D eigenvalue weighted by Crippen LogP contribution is 2.57. The first kappa shape index (κ1) is 25.4. The number of nitrogens with one attached hydrogen (secondary N) is 2. The van der Waals surface area contributed by atoms with E-state index in [0.29, 0.717) is 45.4 Å². The van der Waals surface area contributed by atoms with Gasteiger partial charge in [0.1, 0.15) is 28.4 Å². The SMILES string of the molecule is CC1CCCN(c2ccc3[nH]c(Cc4cc(CNC(=O)C5(C(F)(F)F)CC5)ccc4Cl)nc3c2C#N)C1. The summed E-state index contributed by atoms with van der Waals surface area (Å²) in [6.45, 7) is 4.00. The lowest BCUT2D eigenvalue weighted by Gasteiger charge is -2.33. The number of aromatic nitrogens is 2. The van der Waals surface area contributed by atoms with E-state index in [1.807, 2.05) is 12.1 Å². The van der Waals surface area contributed by atoms with Crippen LogP contribution in [0.4, 0.5) is 18.9 Å². The number of H-pyrrole nitrogens is 1. The standard InChI is InChI=1S/C27H27ClF3N5O/c1-16-3-2-10-36(15-16)22-7-6-21-24(19(22)13-32)35-23(34-21)12-18-11-17(4-5-20(18)28)14-33-25(37)26(8-9-26)27(29,30)31/h4-7,11,16H,2-3,8-10,12,14-15H2,1H3,(H,33,37)(H,34,35). The van der Waals surface area contributed by atoms with Crippen molar-refractivity contribution in [1.29, 1.82) is 5.26 Å². The number of halogens is 4. The number of benzene rings is 2. The molecule has 0 bridgehead atoms. The Labute approximate surface area is 217 Å². The molecule has 2 fully saturated rings. The van der Waals surface area contributed by atoms with Gasteiger partial charge in [0.05, 0.1) is 11.2 Å². The van der Waals surface area contributed by atoms with Crippen molar-refractivity contribution < 1.29 is 18.0 Å². The molecule has 1 unspecified atom stereocenters. The zero-order valence-corrected chi connectivity index (χ0v) is 21.1. The van der Waals surface area contributed by atoms with Crippen molar-refractivity contribution >= 4 is 34.2 Å². The average Bonchev–Trinajstić information content (AvgIpc) is 3.59. The van der Waals surface area contributed by atoms with Gasteiger partial charge in [-0.3, -0.25) is 4.79 Å². The number of piperidine rings is 1. The Balaban J connectivity index is 1.34. The third kappa shape index (κ3) is 4.87. The fraction of sp³-hybridized carbons (Fsp3) is 0.444. The molecule has 1 aromatic heterocycles. The molecule has 6 nitrogen and oxygen atoms in total. The molecule has 3 aromatic rings. The van der Waals surface area contributed by atoms with E-state index in [1.54, 1.807) is 18.2 Å². The highest BCUT2D eigenvalue weighted by atomic mass is 35.5. The van der Waals surface area contributed by atoms with Crippen molar-refractivity contribution in [3.63, 3.8) is 0 Å². The van der Waals surface area contributed by atoms with Crippen molar-refractivity contribution in [3.05, 3.63) is 57.9 Å². The van der Waals surface area contributed by atoms with E-state index >= 15 is 0 Å². The van der Waals surface area contributed by atoms with Crippen LogP contribution in [0.15, 0.2) is 30.3 Å². The fourth-order valence-electron chi connectivity index (χ4n) is 5.15.